The maximum atomic E-state index is 12.0. The van der Waals surface area contributed by atoms with E-state index in [1.807, 2.05) is 6.92 Å². The fourth-order valence-corrected chi connectivity index (χ4v) is 3.22. The van der Waals surface area contributed by atoms with Gasteiger partial charge >= 0.3 is 11.9 Å². The Bertz CT molecular complexity index is 813. The van der Waals surface area contributed by atoms with Crippen molar-refractivity contribution in [2.45, 2.75) is 13.8 Å². The van der Waals surface area contributed by atoms with E-state index in [1.54, 1.807) is 19.1 Å². The van der Waals surface area contributed by atoms with Gasteiger partial charge in [-0.3, -0.25) is 4.79 Å². The van der Waals surface area contributed by atoms with Gasteiger partial charge in [-0.25, -0.2) is 9.59 Å². The molecule has 0 aliphatic rings. The lowest BCUT2D eigenvalue weighted by atomic mass is 10.1. The van der Waals surface area contributed by atoms with Crippen LogP contribution in [0.2, 0.25) is 5.02 Å². The Labute approximate surface area is 153 Å². The third kappa shape index (κ3) is 4.58. The summed E-state index contributed by atoms with van der Waals surface area (Å²) in [5, 5.41) is 3.45. The lowest BCUT2D eigenvalue weighted by Gasteiger charge is -2.07. The van der Waals surface area contributed by atoms with E-state index < -0.39 is 24.5 Å². The molecule has 25 heavy (non-hydrogen) atoms. The van der Waals surface area contributed by atoms with Crippen molar-refractivity contribution in [3.63, 3.8) is 0 Å². The monoisotopic (exact) mass is 381 g/mol. The molecule has 1 heterocycles. The number of esters is 2. The quantitative estimate of drug-likeness (QED) is 0.800. The van der Waals surface area contributed by atoms with Crippen LogP contribution in [-0.4, -0.2) is 31.6 Å². The van der Waals surface area contributed by atoms with Gasteiger partial charge in [-0.15, -0.1) is 11.3 Å². The van der Waals surface area contributed by atoms with Gasteiger partial charge in [0.15, 0.2) is 6.61 Å². The van der Waals surface area contributed by atoms with Gasteiger partial charge in [0.25, 0.3) is 5.91 Å². The van der Waals surface area contributed by atoms with E-state index in [1.165, 1.54) is 30.6 Å². The van der Waals surface area contributed by atoms with E-state index >= 15 is 0 Å². The van der Waals surface area contributed by atoms with Gasteiger partial charge in [0.1, 0.15) is 5.00 Å². The first-order valence-electron chi connectivity index (χ1n) is 7.24. The Kier molecular flexibility index (Phi) is 6.17. The Hall–Kier alpha value is -2.38. The topological polar surface area (TPSA) is 81.7 Å². The number of benzene rings is 1. The molecule has 0 aliphatic carbocycles. The molecule has 0 aliphatic heterocycles. The number of thiophene rings is 1. The van der Waals surface area contributed by atoms with Gasteiger partial charge < -0.3 is 14.8 Å². The first kappa shape index (κ1) is 19.0. The molecule has 0 spiro atoms. The van der Waals surface area contributed by atoms with E-state index in [2.05, 4.69) is 5.32 Å². The summed E-state index contributed by atoms with van der Waals surface area (Å²) < 4.78 is 9.70. The van der Waals surface area contributed by atoms with Gasteiger partial charge in [-0.1, -0.05) is 11.6 Å². The molecule has 0 unspecified atom stereocenters. The van der Waals surface area contributed by atoms with Gasteiger partial charge in [0, 0.05) is 9.90 Å². The lowest BCUT2D eigenvalue weighted by Crippen LogP contribution is -2.21. The smallest absolute Gasteiger partial charge is 0.341 e. The summed E-state index contributed by atoms with van der Waals surface area (Å²) in [4.78, 5) is 36.7. The van der Waals surface area contributed by atoms with Crippen LogP contribution in [0.4, 0.5) is 5.00 Å². The van der Waals surface area contributed by atoms with Crippen molar-refractivity contribution in [1.82, 2.24) is 0 Å². The van der Waals surface area contributed by atoms with Crippen molar-refractivity contribution < 1.29 is 23.9 Å². The zero-order valence-corrected chi connectivity index (χ0v) is 15.4. The number of carbonyl (C=O) groups is 3. The standard InChI is InChI=1S/C17H16ClNO5S/c1-9-10(2)25-15(14(9)17(22)23-3)19-13(20)8-24-16(21)11-4-6-12(18)7-5-11/h4-7H,8H2,1-3H3,(H,19,20). The van der Waals surface area contributed by atoms with Crippen molar-refractivity contribution >= 4 is 45.8 Å². The largest absolute Gasteiger partial charge is 0.465 e. The van der Waals surface area contributed by atoms with Crippen molar-refractivity contribution in [2.24, 2.45) is 0 Å². The van der Waals surface area contributed by atoms with Gasteiger partial charge in [-0.05, 0) is 43.7 Å². The van der Waals surface area contributed by atoms with Crippen LogP contribution >= 0.6 is 22.9 Å². The summed E-state index contributed by atoms with van der Waals surface area (Å²) in [5.41, 5.74) is 1.34. The molecule has 0 fully saturated rings. The summed E-state index contributed by atoms with van der Waals surface area (Å²) >= 11 is 7.01. The number of aryl methyl sites for hydroxylation is 1. The molecule has 1 aromatic carbocycles. The highest BCUT2D eigenvalue weighted by Gasteiger charge is 2.22. The number of hydrogen-bond acceptors (Lipinski definition) is 6. The molecule has 1 amide bonds. The van der Waals surface area contributed by atoms with Gasteiger partial charge in [-0.2, -0.15) is 0 Å². The maximum Gasteiger partial charge on any atom is 0.341 e. The Morgan fingerprint density at radius 2 is 1.76 bits per heavy atom. The maximum absolute atomic E-state index is 12.0. The van der Waals surface area contributed by atoms with Gasteiger partial charge in [0.2, 0.25) is 0 Å². The van der Waals surface area contributed by atoms with E-state index in [4.69, 9.17) is 21.1 Å². The van der Waals surface area contributed by atoms with E-state index in [0.29, 0.717) is 15.6 Å². The molecule has 1 aromatic heterocycles. The van der Waals surface area contributed by atoms with Crippen LogP contribution in [0.15, 0.2) is 24.3 Å². The number of carbonyl (C=O) groups excluding carboxylic acids is 3. The molecule has 0 bridgehead atoms. The van der Waals surface area contributed by atoms with Crippen LogP contribution in [0.3, 0.4) is 0 Å². The minimum absolute atomic E-state index is 0.287. The number of hydrogen-bond donors (Lipinski definition) is 1. The minimum Gasteiger partial charge on any atom is -0.465 e. The number of rotatable bonds is 5. The molecule has 6 nitrogen and oxygen atoms in total. The summed E-state index contributed by atoms with van der Waals surface area (Å²) in [6, 6.07) is 6.12. The second-order valence-corrected chi connectivity index (χ2v) is 6.77. The van der Waals surface area contributed by atoms with Crippen LogP contribution < -0.4 is 5.32 Å². The SMILES string of the molecule is COC(=O)c1c(NC(=O)COC(=O)c2ccc(Cl)cc2)sc(C)c1C. The second-order valence-electron chi connectivity index (χ2n) is 5.11. The third-order valence-corrected chi connectivity index (χ3v) is 4.82. The van der Waals surface area contributed by atoms with E-state index in [-0.39, 0.29) is 5.56 Å². The highest BCUT2D eigenvalue weighted by atomic mass is 35.5. The molecular weight excluding hydrogens is 366 g/mol. The van der Waals surface area contributed by atoms with Crippen molar-refractivity contribution in [1.29, 1.82) is 0 Å². The normalized spacial score (nSPS) is 10.2. The summed E-state index contributed by atoms with van der Waals surface area (Å²) in [6.07, 6.45) is 0. The number of halogens is 1. The molecule has 0 saturated carbocycles. The summed E-state index contributed by atoms with van der Waals surface area (Å²) in [6.45, 7) is 3.13. The van der Waals surface area contributed by atoms with Crippen LogP contribution in [0.5, 0.6) is 0 Å². The molecule has 0 saturated heterocycles. The van der Waals surface area contributed by atoms with Gasteiger partial charge in [0.05, 0.1) is 18.2 Å². The van der Waals surface area contributed by atoms with Crippen LogP contribution in [0.1, 0.15) is 31.2 Å². The zero-order chi connectivity index (χ0) is 18.6. The summed E-state index contributed by atoms with van der Waals surface area (Å²) in [7, 11) is 1.27. The molecule has 132 valence electrons. The molecule has 8 heteroatoms. The van der Waals surface area contributed by atoms with Crippen molar-refractivity contribution in [3.8, 4) is 0 Å². The van der Waals surface area contributed by atoms with Crippen LogP contribution in [0.25, 0.3) is 0 Å². The fraction of sp³-hybridized carbons (Fsp3) is 0.235. The molecular formula is C17H16ClNO5S. The number of nitrogens with one attached hydrogen (secondary N) is 1. The molecule has 2 rings (SSSR count). The predicted octanol–water partition coefficient (Wildman–Crippen LogP) is 3.60. The van der Waals surface area contributed by atoms with Crippen LogP contribution in [0, 0.1) is 13.8 Å². The fourth-order valence-electron chi connectivity index (χ4n) is 2.03. The second kappa shape index (κ2) is 8.13. The molecule has 0 atom stereocenters. The first-order valence-corrected chi connectivity index (χ1v) is 8.43. The average Bonchev–Trinajstić information content (AvgIpc) is 2.86. The summed E-state index contributed by atoms with van der Waals surface area (Å²) in [5.74, 6) is -1.72. The highest BCUT2D eigenvalue weighted by molar-refractivity contribution is 7.16. The zero-order valence-electron chi connectivity index (χ0n) is 13.8. The number of methoxy groups -OCH3 is 1. The predicted molar refractivity (Wildman–Crippen MR) is 95.5 cm³/mol. The van der Waals surface area contributed by atoms with E-state index in [0.717, 1.165) is 10.4 Å². The van der Waals surface area contributed by atoms with Crippen molar-refractivity contribution in [3.05, 3.63) is 50.9 Å². The third-order valence-electron chi connectivity index (χ3n) is 3.44. The number of ether oxygens (including phenoxy) is 2. The molecule has 0 radical (unpaired) electrons. The first-order chi connectivity index (χ1) is 11.8. The Balaban J connectivity index is 2.01. The minimum atomic E-state index is -0.640. The molecule has 2 aromatic rings. The van der Waals surface area contributed by atoms with Crippen molar-refractivity contribution in [2.75, 3.05) is 19.0 Å². The Morgan fingerprint density at radius 1 is 1.12 bits per heavy atom. The Morgan fingerprint density at radius 3 is 2.36 bits per heavy atom. The van der Waals surface area contributed by atoms with Crippen LogP contribution in [-0.2, 0) is 14.3 Å². The lowest BCUT2D eigenvalue weighted by molar-refractivity contribution is -0.119. The molecule has 1 N–H and O–H groups in total. The average molecular weight is 382 g/mol. The van der Waals surface area contributed by atoms with E-state index in [9.17, 15) is 14.4 Å². The highest BCUT2D eigenvalue weighted by Crippen LogP contribution is 2.32. The number of anilines is 1. The number of amides is 1.